The van der Waals surface area contributed by atoms with Crippen molar-refractivity contribution in [2.75, 3.05) is 13.1 Å². The molecule has 0 aromatic rings. The van der Waals surface area contributed by atoms with Crippen molar-refractivity contribution < 1.29 is 8.42 Å². The third-order valence-corrected chi connectivity index (χ3v) is 3.84. The van der Waals surface area contributed by atoms with Crippen molar-refractivity contribution in [1.82, 2.24) is 9.03 Å². The maximum Gasteiger partial charge on any atom is 0.279 e. The van der Waals surface area contributed by atoms with Crippen LogP contribution in [0.25, 0.3) is 0 Å². The summed E-state index contributed by atoms with van der Waals surface area (Å²) in [4.78, 5) is 0. The number of nitrogens with two attached hydrogens (primary N) is 1. The molecule has 6 heteroatoms. The topological polar surface area (TPSA) is 75.4 Å². The van der Waals surface area contributed by atoms with Crippen LogP contribution < -0.4 is 10.5 Å². The maximum atomic E-state index is 11.8. The van der Waals surface area contributed by atoms with Gasteiger partial charge in [0.2, 0.25) is 0 Å². The predicted octanol–water partition coefficient (Wildman–Crippen LogP) is -0.348. The van der Waals surface area contributed by atoms with Crippen LogP contribution in [0.5, 0.6) is 0 Å². The van der Waals surface area contributed by atoms with Crippen LogP contribution in [0.3, 0.4) is 0 Å². The minimum absolute atomic E-state index is 0.0217. The van der Waals surface area contributed by atoms with E-state index in [1.165, 1.54) is 4.31 Å². The van der Waals surface area contributed by atoms with Gasteiger partial charge in [0.25, 0.3) is 10.2 Å². The Morgan fingerprint density at radius 3 is 2.36 bits per heavy atom. The first-order valence-electron chi connectivity index (χ1n) is 4.75. The molecule has 0 amide bonds. The van der Waals surface area contributed by atoms with Crippen molar-refractivity contribution in [2.45, 2.75) is 38.8 Å². The van der Waals surface area contributed by atoms with Crippen LogP contribution in [0.4, 0.5) is 0 Å². The highest BCUT2D eigenvalue weighted by atomic mass is 32.2. The molecule has 0 aromatic carbocycles. The van der Waals surface area contributed by atoms with Gasteiger partial charge in [0.05, 0.1) is 0 Å². The Labute approximate surface area is 85.8 Å². The maximum absolute atomic E-state index is 11.8. The van der Waals surface area contributed by atoms with Crippen LogP contribution in [0.2, 0.25) is 0 Å². The summed E-state index contributed by atoms with van der Waals surface area (Å²) in [5, 5.41) is 0. The quantitative estimate of drug-likeness (QED) is 0.669. The van der Waals surface area contributed by atoms with E-state index in [0.717, 1.165) is 6.42 Å². The normalized spacial score (nSPS) is 25.6. The van der Waals surface area contributed by atoms with Gasteiger partial charge in [-0.05, 0) is 27.2 Å². The average molecular weight is 221 g/mol. The van der Waals surface area contributed by atoms with Gasteiger partial charge in [0, 0.05) is 24.7 Å². The highest BCUT2D eigenvalue weighted by molar-refractivity contribution is 7.87. The molecule has 0 bridgehead atoms. The lowest BCUT2D eigenvalue weighted by atomic mass is 10.1. The standard InChI is InChI=1S/C8H19N3O2S/c1-8(2,3)10-14(12,13)11-5-4-7(9)6-11/h7,10H,4-6,9H2,1-3H3. The van der Waals surface area contributed by atoms with Crippen LogP contribution in [-0.2, 0) is 10.2 Å². The van der Waals surface area contributed by atoms with Gasteiger partial charge in [0.1, 0.15) is 0 Å². The van der Waals surface area contributed by atoms with Gasteiger partial charge in [0.15, 0.2) is 0 Å². The Kier molecular flexibility index (Phi) is 3.20. The Morgan fingerprint density at radius 2 is 2.00 bits per heavy atom. The van der Waals surface area contributed by atoms with E-state index in [-0.39, 0.29) is 6.04 Å². The minimum Gasteiger partial charge on any atom is -0.326 e. The largest absolute Gasteiger partial charge is 0.326 e. The Morgan fingerprint density at radius 1 is 1.43 bits per heavy atom. The molecule has 0 aliphatic carbocycles. The van der Waals surface area contributed by atoms with Crippen LogP contribution in [0, 0.1) is 0 Å². The highest BCUT2D eigenvalue weighted by Crippen LogP contribution is 2.13. The second-order valence-corrected chi connectivity index (χ2v) is 6.43. The molecule has 3 N–H and O–H groups in total. The van der Waals surface area contributed by atoms with Crippen LogP contribution in [-0.4, -0.2) is 37.4 Å². The minimum atomic E-state index is -3.35. The van der Waals surface area contributed by atoms with E-state index in [0.29, 0.717) is 13.1 Å². The lowest BCUT2D eigenvalue weighted by molar-refractivity contribution is 0.424. The van der Waals surface area contributed by atoms with Gasteiger partial charge in [-0.15, -0.1) is 0 Å². The second kappa shape index (κ2) is 3.77. The van der Waals surface area contributed by atoms with Crippen molar-refractivity contribution in [3.63, 3.8) is 0 Å². The van der Waals surface area contributed by atoms with Crippen molar-refractivity contribution in [3.05, 3.63) is 0 Å². The monoisotopic (exact) mass is 221 g/mol. The first-order valence-corrected chi connectivity index (χ1v) is 6.19. The molecule has 1 aliphatic heterocycles. The Bertz CT molecular complexity index is 294. The molecule has 1 aliphatic rings. The molecular formula is C8H19N3O2S. The lowest BCUT2D eigenvalue weighted by Crippen LogP contribution is -2.48. The SMILES string of the molecule is CC(C)(C)NS(=O)(=O)N1CCC(N)C1. The average Bonchev–Trinajstić information content (AvgIpc) is 2.29. The summed E-state index contributed by atoms with van der Waals surface area (Å²) in [6.45, 7) is 6.40. The third kappa shape index (κ3) is 3.20. The fraction of sp³-hybridized carbons (Fsp3) is 1.00. The molecule has 0 radical (unpaired) electrons. The summed E-state index contributed by atoms with van der Waals surface area (Å²) in [5.74, 6) is 0. The molecule has 0 aromatic heterocycles. The molecule has 84 valence electrons. The third-order valence-electron chi connectivity index (χ3n) is 1.96. The fourth-order valence-electron chi connectivity index (χ4n) is 1.42. The predicted molar refractivity (Wildman–Crippen MR) is 56.0 cm³/mol. The summed E-state index contributed by atoms with van der Waals surface area (Å²) >= 11 is 0. The Hall–Kier alpha value is -0.170. The summed E-state index contributed by atoms with van der Waals surface area (Å²) in [7, 11) is -3.35. The van der Waals surface area contributed by atoms with E-state index in [1.807, 2.05) is 20.8 Å². The van der Waals surface area contributed by atoms with E-state index >= 15 is 0 Å². The number of rotatable bonds is 2. The molecule has 1 atom stereocenters. The summed E-state index contributed by atoms with van der Waals surface area (Å²) < 4.78 is 27.5. The zero-order valence-corrected chi connectivity index (χ0v) is 9.76. The number of nitrogens with one attached hydrogen (secondary N) is 1. The van der Waals surface area contributed by atoms with Crippen LogP contribution in [0.15, 0.2) is 0 Å². The van der Waals surface area contributed by atoms with E-state index < -0.39 is 15.7 Å². The molecule has 0 saturated carbocycles. The highest BCUT2D eigenvalue weighted by Gasteiger charge is 2.31. The lowest BCUT2D eigenvalue weighted by Gasteiger charge is -2.24. The van der Waals surface area contributed by atoms with E-state index in [2.05, 4.69) is 4.72 Å². The van der Waals surface area contributed by atoms with E-state index in [1.54, 1.807) is 0 Å². The van der Waals surface area contributed by atoms with Crippen molar-refractivity contribution in [3.8, 4) is 0 Å². The Balaban J connectivity index is 2.67. The number of nitrogens with zero attached hydrogens (tertiary/aromatic N) is 1. The number of hydrogen-bond acceptors (Lipinski definition) is 3. The molecule has 1 fully saturated rings. The van der Waals surface area contributed by atoms with E-state index in [9.17, 15) is 8.42 Å². The molecule has 1 unspecified atom stereocenters. The van der Waals surface area contributed by atoms with Gasteiger partial charge in [-0.25, -0.2) is 0 Å². The molecule has 1 heterocycles. The molecular weight excluding hydrogens is 202 g/mol. The summed E-state index contributed by atoms with van der Waals surface area (Å²) in [6.07, 6.45) is 0.741. The number of hydrogen-bond donors (Lipinski definition) is 2. The van der Waals surface area contributed by atoms with Crippen LogP contribution in [0.1, 0.15) is 27.2 Å². The summed E-state index contributed by atoms with van der Waals surface area (Å²) in [5.41, 5.74) is 5.21. The van der Waals surface area contributed by atoms with Gasteiger partial charge in [-0.1, -0.05) is 0 Å². The van der Waals surface area contributed by atoms with Crippen LogP contribution >= 0.6 is 0 Å². The molecule has 0 spiro atoms. The van der Waals surface area contributed by atoms with Gasteiger partial charge < -0.3 is 5.73 Å². The second-order valence-electron chi connectivity index (χ2n) is 4.76. The molecule has 1 saturated heterocycles. The summed E-state index contributed by atoms with van der Waals surface area (Å²) in [6, 6.07) is -0.0217. The van der Waals surface area contributed by atoms with Gasteiger partial charge in [-0.3, -0.25) is 0 Å². The molecule has 5 nitrogen and oxygen atoms in total. The zero-order chi connectivity index (χ0) is 11.0. The zero-order valence-electron chi connectivity index (χ0n) is 8.95. The first-order chi connectivity index (χ1) is 6.21. The van der Waals surface area contributed by atoms with Crippen molar-refractivity contribution in [2.24, 2.45) is 5.73 Å². The van der Waals surface area contributed by atoms with E-state index in [4.69, 9.17) is 5.73 Å². The fourth-order valence-corrected chi connectivity index (χ4v) is 3.06. The van der Waals surface area contributed by atoms with Crippen molar-refractivity contribution in [1.29, 1.82) is 0 Å². The molecule has 1 rings (SSSR count). The molecule has 14 heavy (non-hydrogen) atoms. The first kappa shape index (κ1) is 11.9. The van der Waals surface area contributed by atoms with Gasteiger partial charge in [-0.2, -0.15) is 17.4 Å². The van der Waals surface area contributed by atoms with Crippen molar-refractivity contribution >= 4 is 10.2 Å². The smallest absolute Gasteiger partial charge is 0.279 e. The van der Waals surface area contributed by atoms with Gasteiger partial charge >= 0.3 is 0 Å².